The summed E-state index contributed by atoms with van der Waals surface area (Å²) in [6.07, 6.45) is 0. The topological polar surface area (TPSA) is 75.7 Å². The second-order valence-corrected chi connectivity index (χ2v) is 9.53. The van der Waals surface area contributed by atoms with Gasteiger partial charge in [-0.15, -0.1) is 0 Å². The molecule has 3 aromatic carbocycles. The van der Waals surface area contributed by atoms with Gasteiger partial charge < -0.3 is 10.1 Å². The van der Waals surface area contributed by atoms with Crippen LogP contribution in [0.15, 0.2) is 88.2 Å². The number of rotatable bonds is 8. The summed E-state index contributed by atoms with van der Waals surface area (Å²) in [7, 11) is -2.10. The first-order valence-electron chi connectivity index (χ1n) is 9.13. The van der Waals surface area contributed by atoms with Crippen LogP contribution >= 0.6 is 15.9 Å². The molecule has 8 heteroatoms. The Labute approximate surface area is 184 Å². The van der Waals surface area contributed by atoms with Gasteiger partial charge in [0.25, 0.3) is 5.91 Å². The molecule has 0 aliphatic carbocycles. The lowest BCUT2D eigenvalue weighted by Gasteiger charge is -2.17. The maximum Gasteiger partial charge on any atom is 0.262 e. The molecule has 0 spiro atoms. The predicted octanol–water partition coefficient (Wildman–Crippen LogP) is 4.29. The molecule has 0 atom stereocenters. The van der Waals surface area contributed by atoms with Crippen LogP contribution in [0, 0.1) is 0 Å². The molecule has 0 aromatic heterocycles. The molecule has 0 saturated heterocycles. The summed E-state index contributed by atoms with van der Waals surface area (Å²) in [5.74, 6) is 0.0939. The zero-order valence-corrected chi connectivity index (χ0v) is 18.7. The van der Waals surface area contributed by atoms with Crippen molar-refractivity contribution >= 4 is 37.5 Å². The fourth-order valence-electron chi connectivity index (χ4n) is 2.73. The lowest BCUT2D eigenvalue weighted by Crippen LogP contribution is -2.26. The van der Waals surface area contributed by atoms with E-state index in [-0.39, 0.29) is 24.0 Å². The molecule has 0 fully saturated rings. The maximum atomic E-state index is 12.8. The first-order chi connectivity index (χ1) is 14.3. The lowest BCUT2D eigenvalue weighted by atomic mass is 10.2. The van der Waals surface area contributed by atoms with E-state index in [1.165, 1.54) is 28.6 Å². The molecule has 1 N–H and O–H groups in total. The Morgan fingerprint density at radius 3 is 2.37 bits per heavy atom. The lowest BCUT2D eigenvalue weighted by molar-refractivity contribution is -0.118. The summed E-state index contributed by atoms with van der Waals surface area (Å²) in [6.45, 7) is 0.0870. The molecule has 6 nitrogen and oxygen atoms in total. The van der Waals surface area contributed by atoms with Crippen LogP contribution < -0.4 is 10.1 Å². The van der Waals surface area contributed by atoms with Crippen LogP contribution in [0.4, 0.5) is 5.69 Å². The highest BCUT2D eigenvalue weighted by molar-refractivity contribution is 9.10. The van der Waals surface area contributed by atoms with E-state index >= 15 is 0 Å². The Hall–Kier alpha value is -2.68. The Balaban J connectivity index is 1.58. The second kappa shape index (κ2) is 9.88. The van der Waals surface area contributed by atoms with E-state index in [9.17, 15) is 13.2 Å². The summed E-state index contributed by atoms with van der Waals surface area (Å²) in [6, 6.07) is 22.6. The number of nitrogens with one attached hydrogen (secondary N) is 1. The molecule has 0 unspecified atom stereocenters. The van der Waals surface area contributed by atoms with Gasteiger partial charge in [0.2, 0.25) is 10.0 Å². The zero-order valence-electron chi connectivity index (χ0n) is 16.3. The monoisotopic (exact) mass is 488 g/mol. The number of hydrogen-bond acceptors (Lipinski definition) is 4. The third kappa shape index (κ3) is 5.91. The van der Waals surface area contributed by atoms with Crippen LogP contribution in [0.5, 0.6) is 5.75 Å². The molecule has 156 valence electrons. The average Bonchev–Trinajstić information content (AvgIpc) is 2.73. The van der Waals surface area contributed by atoms with E-state index in [2.05, 4.69) is 21.2 Å². The number of anilines is 1. The van der Waals surface area contributed by atoms with E-state index < -0.39 is 10.0 Å². The van der Waals surface area contributed by atoms with Crippen molar-refractivity contribution in [2.75, 3.05) is 19.0 Å². The number of benzene rings is 3. The summed E-state index contributed by atoms with van der Waals surface area (Å²) >= 11 is 3.34. The van der Waals surface area contributed by atoms with Gasteiger partial charge in [-0.2, -0.15) is 4.31 Å². The fraction of sp³-hybridized carbons (Fsp3) is 0.136. The van der Waals surface area contributed by atoms with Crippen molar-refractivity contribution in [3.8, 4) is 5.75 Å². The second-order valence-electron chi connectivity index (χ2n) is 6.57. The van der Waals surface area contributed by atoms with Crippen LogP contribution in [0.25, 0.3) is 0 Å². The number of nitrogens with zero attached hydrogens (tertiary/aromatic N) is 1. The van der Waals surface area contributed by atoms with Gasteiger partial charge in [-0.25, -0.2) is 8.42 Å². The largest absolute Gasteiger partial charge is 0.484 e. The Bertz CT molecular complexity index is 1100. The average molecular weight is 489 g/mol. The number of carbonyl (C=O) groups excluding carboxylic acids is 1. The summed E-state index contributed by atoms with van der Waals surface area (Å²) in [5, 5.41) is 2.73. The molecule has 0 aliphatic rings. The van der Waals surface area contributed by atoms with Gasteiger partial charge in [0, 0.05) is 23.8 Å². The molecule has 3 aromatic rings. The van der Waals surface area contributed by atoms with Crippen LogP contribution in [-0.2, 0) is 21.4 Å². The van der Waals surface area contributed by atoms with Crippen LogP contribution in [-0.4, -0.2) is 32.3 Å². The number of carbonyl (C=O) groups is 1. The summed E-state index contributed by atoms with van der Waals surface area (Å²) in [5.41, 5.74) is 1.56. The van der Waals surface area contributed by atoms with Gasteiger partial charge in [-0.1, -0.05) is 52.3 Å². The van der Waals surface area contributed by atoms with Gasteiger partial charge in [0.15, 0.2) is 6.61 Å². The third-order valence-electron chi connectivity index (χ3n) is 4.26. The zero-order chi connectivity index (χ0) is 21.6. The maximum absolute atomic E-state index is 12.8. The molecule has 0 heterocycles. The molecule has 0 aliphatic heterocycles. The van der Waals surface area contributed by atoms with Gasteiger partial charge in [0.1, 0.15) is 5.75 Å². The predicted molar refractivity (Wildman–Crippen MR) is 120 cm³/mol. The molecule has 30 heavy (non-hydrogen) atoms. The minimum absolute atomic E-state index is 0.159. The Morgan fingerprint density at radius 2 is 1.70 bits per heavy atom. The van der Waals surface area contributed by atoms with Crippen molar-refractivity contribution in [1.82, 2.24) is 4.31 Å². The molecular weight excluding hydrogens is 468 g/mol. The van der Waals surface area contributed by atoms with Crippen molar-refractivity contribution < 1.29 is 17.9 Å². The normalized spacial score (nSPS) is 11.3. The number of amides is 1. The van der Waals surface area contributed by atoms with Crippen LogP contribution in [0.2, 0.25) is 0 Å². The van der Waals surface area contributed by atoms with Crippen molar-refractivity contribution in [2.24, 2.45) is 0 Å². The molecule has 1 amide bonds. The van der Waals surface area contributed by atoms with Crippen molar-refractivity contribution in [2.45, 2.75) is 11.4 Å². The minimum Gasteiger partial charge on any atom is -0.484 e. The van der Waals surface area contributed by atoms with Crippen LogP contribution in [0.1, 0.15) is 5.56 Å². The smallest absolute Gasteiger partial charge is 0.262 e. The SMILES string of the molecule is CN(Cc1ccccc1)S(=O)(=O)c1ccc(OCC(=O)Nc2cccc(Br)c2)cc1. The highest BCUT2D eigenvalue weighted by atomic mass is 79.9. The molecule has 3 rings (SSSR count). The van der Waals surface area contributed by atoms with Crippen molar-refractivity contribution in [3.05, 3.63) is 88.9 Å². The van der Waals surface area contributed by atoms with Gasteiger partial charge in [0.05, 0.1) is 4.90 Å². The van der Waals surface area contributed by atoms with E-state index in [0.717, 1.165) is 10.0 Å². The van der Waals surface area contributed by atoms with Gasteiger partial charge >= 0.3 is 0 Å². The molecule has 0 saturated carbocycles. The van der Waals surface area contributed by atoms with E-state index in [1.807, 2.05) is 42.5 Å². The number of hydrogen-bond donors (Lipinski definition) is 1. The molecular formula is C22H21BrN2O4S. The highest BCUT2D eigenvalue weighted by Gasteiger charge is 2.21. The Kier molecular flexibility index (Phi) is 7.25. The number of ether oxygens (including phenoxy) is 1. The van der Waals surface area contributed by atoms with Gasteiger partial charge in [-0.05, 0) is 48.0 Å². The van der Waals surface area contributed by atoms with Crippen molar-refractivity contribution in [1.29, 1.82) is 0 Å². The number of sulfonamides is 1. The van der Waals surface area contributed by atoms with Crippen molar-refractivity contribution in [3.63, 3.8) is 0 Å². The van der Waals surface area contributed by atoms with E-state index in [0.29, 0.717) is 11.4 Å². The van der Waals surface area contributed by atoms with Gasteiger partial charge in [-0.3, -0.25) is 4.79 Å². The summed E-state index contributed by atoms with van der Waals surface area (Å²) in [4.78, 5) is 12.2. The minimum atomic E-state index is -3.64. The highest BCUT2D eigenvalue weighted by Crippen LogP contribution is 2.20. The van der Waals surface area contributed by atoms with E-state index in [4.69, 9.17) is 4.74 Å². The standard InChI is InChI=1S/C22H21BrN2O4S/c1-25(15-17-6-3-2-4-7-17)30(27,28)21-12-10-20(11-13-21)29-16-22(26)24-19-9-5-8-18(23)14-19/h2-14H,15-16H2,1H3,(H,24,26). The third-order valence-corrected chi connectivity index (χ3v) is 6.57. The summed E-state index contributed by atoms with van der Waals surface area (Å²) < 4.78 is 33.1. The van der Waals surface area contributed by atoms with E-state index in [1.54, 1.807) is 19.2 Å². The number of halogens is 1. The molecule has 0 radical (unpaired) electrons. The Morgan fingerprint density at radius 1 is 1.00 bits per heavy atom. The fourth-order valence-corrected chi connectivity index (χ4v) is 4.28. The quantitative estimate of drug-likeness (QED) is 0.513. The first-order valence-corrected chi connectivity index (χ1v) is 11.4. The molecule has 0 bridgehead atoms. The van der Waals surface area contributed by atoms with Crippen LogP contribution in [0.3, 0.4) is 0 Å². The first kappa shape index (κ1) is 22.0.